The van der Waals surface area contributed by atoms with Crippen molar-refractivity contribution in [3.8, 4) is 0 Å². The second-order valence-corrected chi connectivity index (χ2v) is 5.64. The third-order valence-corrected chi connectivity index (χ3v) is 3.73. The highest BCUT2D eigenvalue weighted by atomic mass is 16.3. The number of fused-ring (bicyclic) bond motifs is 1. The Morgan fingerprint density at radius 3 is 2.48 bits per heavy atom. The summed E-state index contributed by atoms with van der Waals surface area (Å²) < 4.78 is 0. The fourth-order valence-corrected chi connectivity index (χ4v) is 2.92. The summed E-state index contributed by atoms with van der Waals surface area (Å²) >= 11 is 0. The molecule has 1 aromatic heterocycles. The van der Waals surface area contributed by atoms with Crippen molar-refractivity contribution in [1.82, 2.24) is 4.98 Å². The largest absolute Gasteiger partial charge is 0.388 e. The number of pyridine rings is 1. The van der Waals surface area contributed by atoms with Gasteiger partial charge in [-0.15, -0.1) is 0 Å². The number of aryl methyl sites for hydroxylation is 2. The van der Waals surface area contributed by atoms with Gasteiger partial charge in [0.2, 0.25) is 0 Å². The van der Waals surface area contributed by atoms with Crippen LogP contribution in [0.5, 0.6) is 0 Å². The van der Waals surface area contributed by atoms with Crippen molar-refractivity contribution in [1.29, 1.82) is 0 Å². The van der Waals surface area contributed by atoms with E-state index in [0.29, 0.717) is 6.42 Å². The number of nitrogens with zero attached hydrogens (tertiary/aromatic N) is 1. The second kappa shape index (κ2) is 5.66. The molecule has 3 rings (SSSR count). The summed E-state index contributed by atoms with van der Waals surface area (Å²) in [6.45, 7) is 4.17. The number of hydrogen-bond donors (Lipinski definition) is 1. The van der Waals surface area contributed by atoms with Crippen LogP contribution in [0.15, 0.2) is 54.7 Å². The normalized spacial score (nSPS) is 12.5. The Kier molecular flexibility index (Phi) is 3.72. The van der Waals surface area contributed by atoms with Crippen LogP contribution in [0.25, 0.3) is 10.9 Å². The number of rotatable bonds is 3. The lowest BCUT2D eigenvalue weighted by atomic mass is 9.97. The molecule has 0 aliphatic rings. The van der Waals surface area contributed by atoms with Crippen LogP contribution in [0.1, 0.15) is 28.4 Å². The molecule has 2 nitrogen and oxygen atoms in total. The molecule has 0 bridgehead atoms. The van der Waals surface area contributed by atoms with Gasteiger partial charge in [-0.2, -0.15) is 0 Å². The molecule has 0 aliphatic carbocycles. The molecule has 0 radical (unpaired) electrons. The van der Waals surface area contributed by atoms with E-state index in [9.17, 15) is 5.11 Å². The maximum Gasteiger partial charge on any atom is 0.0851 e. The summed E-state index contributed by atoms with van der Waals surface area (Å²) in [7, 11) is 0. The molecule has 1 atom stereocenters. The smallest absolute Gasteiger partial charge is 0.0851 e. The van der Waals surface area contributed by atoms with E-state index in [2.05, 4.69) is 37.0 Å². The molecule has 1 heterocycles. The van der Waals surface area contributed by atoms with Gasteiger partial charge in [0.05, 0.1) is 11.6 Å². The van der Waals surface area contributed by atoms with E-state index in [4.69, 9.17) is 0 Å². The van der Waals surface area contributed by atoms with E-state index >= 15 is 0 Å². The first-order valence-electron chi connectivity index (χ1n) is 7.22. The number of aliphatic hydroxyl groups excluding tert-OH is 1. The van der Waals surface area contributed by atoms with E-state index in [1.54, 1.807) is 6.20 Å². The molecule has 0 amide bonds. The van der Waals surface area contributed by atoms with Crippen molar-refractivity contribution in [2.75, 3.05) is 0 Å². The molecule has 1 N–H and O–H groups in total. The van der Waals surface area contributed by atoms with Crippen molar-refractivity contribution in [3.05, 3.63) is 77.0 Å². The topological polar surface area (TPSA) is 33.1 Å². The summed E-state index contributed by atoms with van der Waals surface area (Å²) in [4.78, 5) is 4.42. The van der Waals surface area contributed by atoms with E-state index in [-0.39, 0.29) is 0 Å². The molecule has 2 heteroatoms. The first-order valence-corrected chi connectivity index (χ1v) is 7.22. The molecular formula is C19H19NO. The van der Waals surface area contributed by atoms with Crippen LogP contribution >= 0.6 is 0 Å². The van der Waals surface area contributed by atoms with Gasteiger partial charge in [-0.3, -0.25) is 4.98 Å². The highest BCUT2D eigenvalue weighted by Gasteiger charge is 2.13. The van der Waals surface area contributed by atoms with Gasteiger partial charge >= 0.3 is 0 Å². The number of para-hydroxylation sites is 1. The van der Waals surface area contributed by atoms with E-state index < -0.39 is 6.10 Å². The van der Waals surface area contributed by atoms with E-state index in [0.717, 1.165) is 22.0 Å². The summed E-state index contributed by atoms with van der Waals surface area (Å²) in [6, 6.07) is 16.3. The minimum atomic E-state index is -0.537. The molecule has 0 saturated carbocycles. The van der Waals surface area contributed by atoms with Crippen LogP contribution in [0.3, 0.4) is 0 Å². The Bertz CT molecular complexity index is 754. The molecule has 21 heavy (non-hydrogen) atoms. The highest BCUT2D eigenvalue weighted by molar-refractivity contribution is 5.81. The molecule has 0 saturated heterocycles. The SMILES string of the molecule is Cc1cc(C)cc(CC(O)c2cccc3cccnc23)c1. The molecule has 0 fully saturated rings. The Morgan fingerprint density at radius 1 is 1.00 bits per heavy atom. The average molecular weight is 277 g/mol. The predicted octanol–water partition coefficient (Wildman–Crippen LogP) is 4.13. The van der Waals surface area contributed by atoms with Gasteiger partial charge in [0.1, 0.15) is 0 Å². The van der Waals surface area contributed by atoms with Crippen molar-refractivity contribution < 1.29 is 5.11 Å². The fourth-order valence-electron chi connectivity index (χ4n) is 2.92. The lowest BCUT2D eigenvalue weighted by Gasteiger charge is -2.14. The number of hydrogen-bond acceptors (Lipinski definition) is 2. The molecule has 3 aromatic rings. The van der Waals surface area contributed by atoms with Gasteiger partial charge in [-0.1, -0.05) is 53.6 Å². The summed E-state index contributed by atoms with van der Waals surface area (Å²) in [5, 5.41) is 11.7. The molecule has 106 valence electrons. The predicted molar refractivity (Wildman–Crippen MR) is 86.3 cm³/mol. The number of aliphatic hydroxyl groups is 1. The lowest BCUT2D eigenvalue weighted by molar-refractivity contribution is 0.180. The van der Waals surface area contributed by atoms with Gasteiger partial charge < -0.3 is 5.11 Å². The average Bonchev–Trinajstić information content (AvgIpc) is 2.45. The van der Waals surface area contributed by atoms with Crippen molar-refractivity contribution in [3.63, 3.8) is 0 Å². The number of benzene rings is 2. The van der Waals surface area contributed by atoms with Crippen molar-refractivity contribution in [2.24, 2.45) is 0 Å². The first kappa shape index (κ1) is 13.8. The Balaban J connectivity index is 1.95. The third kappa shape index (κ3) is 2.96. The van der Waals surface area contributed by atoms with Crippen molar-refractivity contribution >= 4 is 10.9 Å². The summed E-state index contributed by atoms with van der Waals surface area (Å²) in [5.41, 5.74) is 5.40. The minimum absolute atomic E-state index is 0.537. The Labute approximate surface area is 125 Å². The third-order valence-electron chi connectivity index (χ3n) is 3.73. The summed E-state index contributed by atoms with van der Waals surface area (Å²) in [5.74, 6) is 0. The van der Waals surface area contributed by atoms with Gasteiger partial charge in [0, 0.05) is 23.6 Å². The summed E-state index contributed by atoms with van der Waals surface area (Å²) in [6.07, 6.45) is 1.85. The van der Waals surface area contributed by atoms with Crippen LogP contribution < -0.4 is 0 Å². The second-order valence-electron chi connectivity index (χ2n) is 5.64. The fraction of sp³-hybridized carbons (Fsp3) is 0.211. The van der Waals surface area contributed by atoms with Crippen LogP contribution in [0, 0.1) is 13.8 Å². The first-order chi connectivity index (χ1) is 10.1. The van der Waals surface area contributed by atoms with Crippen LogP contribution in [0.2, 0.25) is 0 Å². The minimum Gasteiger partial charge on any atom is -0.388 e. The Morgan fingerprint density at radius 2 is 1.71 bits per heavy atom. The maximum absolute atomic E-state index is 10.6. The molecule has 0 spiro atoms. The van der Waals surface area contributed by atoms with Gasteiger partial charge in [0.15, 0.2) is 0 Å². The van der Waals surface area contributed by atoms with Crippen molar-refractivity contribution in [2.45, 2.75) is 26.4 Å². The van der Waals surface area contributed by atoms with Crippen LogP contribution in [-0.4, -0.2) is 10.1 Å². The lowest BCUT2D eigenvalue weighted by Crippen LogP contribution is -2.04. The van der Waals surface area contributed by atoms with Gasteiger partial charge in [-0.05, 0) is 25.5 Å². The zero-order valence-corrected chi connectivity index (χ0v) is 12.4. The molecule has 0 aliphatic heterocycles. The Hall–Kier alpha value is -2.19. The molecule has 2 aromatic carbocycles. The zero-order chi connectivity index (χ0) is 14.8. The maximum atomic E-state index is 10.6. The monoisotopic (exact) mass is 277 g/mol. The molecular weight excluding hydrogens is 258 g/mol. The van der Waals surface area contributed by atoms with Crippen LogP contribution in [-0.2, 0) is 6.42 Å². The van der Waals surface area contributed by atoms with E-state index in [1.165, 1.54) is 11.1 Å². The van der Waals surface area contributed by atoms with Gasteiger partial charge in [-0.25, -0.2) is 0 Å². The zero-order valence-electron chi connectivity index (χ0n) is 12.4. The molecule has 1 unspecified atom stereocenters. The van der Waals surface area contributed by atoms with E-state index in [1.807, 2.05) is 30.3 Å². The standard InChI is InChI=1S/C19H19NO/c1-13-9-14(2)11-15(10-13)12-18(21)17-7-3-5-16-6-4-8-20-19(16)17/h3-11,18,21H,12H2,1-2H3. The van der Waals surface area contributed by atoms with Crippen LogP contribution in [0.4, 0.5) is 0 Å². The quantitative estimate of drug-likeness (QED) is 0.781. The number of aromatic nitrogens is 1. The highest BCUT2D eigenvalue weighted by Crippen LogP contribution is 2.25. The van der Waals surface area contributed by atoms with Gasteiger partial charge in [0.25, 0.3) is 0 Å².